The van der Waals surface area contributed by atoms with E-state index in [9.17, 15) is 0 Å². The van der Waals surface area contributed by atoms with Gasteiger partial charge in [-0.3, -0.25) is 0 Å². The molecule has 350 valence electrons. The van der Waals surface area contributed by atoms with E-state index in [1.807, 2.05) is 0 Å². The molecule has 0 aromatic heterocycles. The Kier molecular flexibility index (Phi) is 9.25. The van der Waals surface area contributed by atoms with Gasteiger partial charge in [0.15, 0.2) is 0 Å². The molecule has 7 aliphatic rings. The van der Waals surface area contributed by atoms with E-state index < -0.39 is 10.8 Å². The SMILES string of the molecule is CC1(C)C2=C(CCC=C2)c2ccc(N(c3ccc(-c4ccc5c(c4)OC4C=CC=CC54)cc3)c3ccc4c(c3)C3(C5=C4C=CCC5)c4ccccc4C(c4ccccc4)(c4ccccc4)c4ccccc43)cc21. The van der Waals surface area contributed by atoms with Gasteiger partial charge in [-0.05, 0) is 163 Å². The first kappa shape index (κ1) is 42.5. The third kappa shape index (κ3) is 5.87. The second-order valence-electron chi connectivity index (χ2n) is 21.6. The minimum atomic E-state index is -0.544. The van der Waals surface area contributed by atoms with Crippen LogP contribution in [-0.4, -0.2) is 6.10 Å². The molecule has 0 radical (unpaired) electrons. The number of benzene rings is 8. The van der Waals surface area contributed by atoms with Gasteiger partial charge in [0.05, 0.1) is 10.8 Å². The normalized spacial score (nSPS) is 20.1. The molecule has 0 bridgehead atoms. The van der Waals surface area contributed by atoms with E-state index in [4.69, 9.17) is 4.74 Å². The molecule has 0 amide bonds. The Morgan fingerprint density at radius 3 is 1.75 bits per heavy atom. The average molecular weight is 938 g/mol. The number of rotatable bonds is 6. The summed E-state index contributed by atoms with van der Waals surface area (Å²) in [5.74, 6) is 1.25. The zero-order valence-corrected chi connectivity index (χ0v) is 41.4. The van der Waals surface area contributed by atoms with Crippen molar-refractivity contribution in [1.82, 2.24) is 0 Å². The fourth-order valence-electron chi connectivity index (χ4n) is 14.6. The van der Waals surface area contributed by atoms with Crippen LogP contribution in [0.2, 0.25) is 0 Å². The third-order valence-electron chi connectivity index (χ3n) is 17.7. The Morgan fingerprint density at radius 1 is 0.479 bits per heavy atom. The Hall–Kier alpha value is -8.20. The molecule has 6 aliphatic carbocycles. The highest BCUT2D eigenvalue weighted by molar-refractivity contribution is 5.95. The molecule has 8 aromatic rings. The quantitative estimate of drug-likeness (QED) is 0.165. The Labute approximate surface area is 429 Å². The van der Waals surface area contributed by atoms with Crippen molar-refractivity contribution in [3.8, 4) is 16.9 Å². The highest BCUT2D eigenvalue weighted by Gasteiger charge is 2.57. The van der Waals surface area contributed by atoms with Crippen LogP contribution in [0.3, 0.4) is 0 Å². The third-order valence-corrected chi connectivity index (χ3v) is 17.7. The molecule has 0 N–H and O–H groups in total. The van der Waals surface area contributed by atoms with Crippen molar-refractivity contribution < 1.29 is 4.74 Å². The van der Waals surface area contributed by atoms with Crippen molar-refractivity contribution in [1.29, 1.82) is 0 Å². The van der Waals surface area contributed by atoms with Crippen LogP contribution in [0.15, 0.2) is 248 Å². The van der Waals surface area contributed by atoms with Gasteiger partial charge >= 0.3 is 0 Å². The van der Waals surface area contributed by atoms with Gasteiger partial charge in [0.2, 0.25) is 0 Å². The van der Waals surface area contributed by atoms with Gasteiger partial charge in [0.1, 0.15) is 11.9 Å². The second kappa shape index (κ2) is 15.9. The van der Waals surface area contributed by atoms with Crippen LogP contribution < -0.4 is 9.64 Å². The fraction of sp³-hybridized carbons (Fsp3) is 0.155. The standard InChI is InChI=1S/C71H55NO/c1-69(2)59-26-12-9-23-53(59)55-41-38-51(44-65(55)69)72(50-36-33-46(34-37-50)47-35-40-58-57-25-11-18-32-67(57)73-68(58)43-47)52-39-42-56-54-24-10-13-27-60(54)71(66(56)45-52)63-30-16-14-28-61(63)70(48-19-5-3-6-20-48,49-21-7-4-8-22-49)62-29-15-17-31-64(62)71/h3-8,10-12,14-22,24-26,28-45,57,67H,9,13,23,27H2,1-2H3. The maximum atomic E-state index is 6.50. The van der Waals surface area contributed by atoms with E-state index in [1.165, 1.54) is 94.7 Å². The van der Waals surface area contributed by atoms with E-state index in [-0.39, 0.29) is 17.4 Å². The van der Waals surface area contributed by atoms with Crippen LogP contribution in [0.4, 0.5) is 17.1 Å². The summed E-state index contributed by atoms with van der Waals surface area (Å²) < 4.78 is 6.50. The molecule has 0 saturated heterocycles. The summed E-state index contributed by atoms with van der Waals surface area (Å²) in [7, 11) is 0. The molecule has 1 aliphatic heterocycles. The molecule has 8 aromatic carbocycles. The van der Waals surface area contributed by atoms with Crippen LogP contribution in [0, 0.1) is 0 Å². The fourth-order valence-corrected chi connectivity index (χ4v) is 14.6. The second-order valence-corrected chi connectivity index (χ2v) is 21.6. The summed E-state index contributed by atoms with van der Waals surface area (Å²) in [6.07, 6.45) is 22.5. The highest BCUT2D eigenvalue weighted by atomic mass is 16.5. The van der Waals surface area contributed by atoms with Gasteiger partial charge in [-0.2, -0.15) is 0 Å². The number of hydrogen-bond donors (Lipinski definition) is 0. The molecule has 2 heteroatoms. The smallest absolute Gasteiger partial charge is 0.128 e. The topological polar surface area (TPSA) is 12.5 Å². The van der Waals surface area contributed by atoms with Gasteiger partial charge in [-0.15, -0.1) is 0 Å². The molecule has 2 unspecified atom stereocenters. The molecule has 1 heterocycles. The van der Waals surface area contributed by atoms with Gasteiger partial charge in [0.25, 0.3) is 0 Å². The lowest BCUT2D eigenvalue weighted by Gasteiger charge is -2.50. The molecule has 0 saturated carbocycles. The Balaban J connectivity index is 0.944. The van der Waals surface area contributed by atoms with Crippen molar-refractivity contribution in [3.05, 3.63) is 309 Å². The van der Waals surface area contributed by atoms with Crippen molar-refractivity contribution in [2.75, 3.05) is 4.90 Å². The van der Waals surface area contributed by atoms with E-state index in [1.54, 1.807) is 0 Å². The molecule has 0 fully saturated rings. The maximum absolute atomic E-state index is 6.50. The van der Waals surface area contributed by atoms with Gasteiger partial charge in [-0.1, -0.05) is 202 Å². The van der Waals surface area contributed by atoms with E-state index in [0.29, 0.717) is 0 Å². The Morgan fingerprint density at radius 2 is 1.05 bits per heavy atom. The number of allylic oxidation sites excluding steroid dienone is 10. The molecular formula is C71H55NO. The molecule has 1 spiro atoms. The molecule has 2 atom stereocenters. The van der Waals surface area contributed by atoms with Gasteiger partial charge in [-0.25, -0.2) is 0 Å². The number of fused-ring (bicyclic) bond motifs is 13. The van der Waals surface area contributed by atoms with Crippen LogP contribution in [0.1, 0.15) is 107 Å². The summed E-state index contributed by atoms with van der Waals surface area (Å²) in [5.41, 5.74) is 25.1. The number of ether oxygens (including phenoxy) is 1. The maximum Gasteiger partial charge on any atom is 0.128 e. The highest BCUT2D eigenvalue weighted by Crippen LogP contribution is 2.66. The lowest BCUT2D eigenvalue weighted by molar-refractivity contribution is 0.269. The summed E-state index contributed by atoms with van der Waals surface area (Å²) in [4.78, 5) is 2.53. The van der Waals surface area contributed by atoms with Gasteiger partial charge < -0.3 is 9.64 Å². The summed E-state index contributed by atoms with van der Waals surface area (Å²) >= 11 is 0. The number of nitrogens with zero attached hydrogens (tertiary/aromatic N) is 1. The van der Waals surface area contributed by atoms with Gasteiger partial charge in [0, 0.05) is 34.0 Å². The van der Waals surface area contributed by atoms with Crippen molar-refractivity contribution in [2.24, 2.45) is 0 Å². The lowest BCUT2D eigenvalue weighted by Crippen LogP contribution is -2.45. The van der Waals surface area contributed by atoms with Crippen molar-refractivity contribution >= 4 is 28.2 Å². The van der Waals surface area contributed by atoms with Crippen LogP contribution in [0.5, 0.6) is 5.75 Å². The molecule has 2 nitrogen and oxygen atoms in total. The summed E-state index contributed by atoms with van der Waals surface area (Å²) in [5, 5.41) is 0. The zero-order chi connectivity index (χ0) is 48.5. The minimum absolute atomic E-state index is 0.0642. The first-order valence-corrected chi connectivity index (χ1v) is 26.4. The average Bonchev–Trinajstić information content (AvgIpc) is 4.06. The first-order valence-electron chi connectivity index (χ1n) is 26.4. The predicted octanol–water partition coefficient (Wildman–Crippen LogP) is 17.3. The van der Waals surface area contributed by atoms with E-state index in [2.05, 4.69) is 255 Å². The number of anilines is 3. The number of hydrogen-bond acceptors (Lipinski definition) is 2. The molecule has 15 rings (SSSR count). The minimum Gasteiger partial charge on any atom is -0.485 e. The molecular weight excluding hydrogens is 883 g/mol. The van der Waals surface area contributed by atoms with Crippen molar-refractivity contribution in [3.63, 3.8) is 0 Å². The zero-order valence-electron chi connectivity index (χ0n) is 41.4. The van der Waals surface area contributed by atoms with Crippen LogP contribution >= 0.6 is 0 Å². The summed E-state index contributed by atoms with van der Waals surface area (Å²) in [6, 6.07) is 72.2. The van der Waals surface area contributed by atoms with Crippen LogP contribution in [0.25, 0.3) is 22.3 Å². The van der Waals surface area contributed by atoms with Crippen molar-refractivity contribution in [2.45, 2.75) is 67.8 Å². The first-order chi connectivity index (χ1) is 36.0. The summed E-state index contributed by atoms with van der Waals surface area (Å²) in [6.45, 7) is 4.83. The Bertz CT molecular complexity index is 3710. The van der Waals surface area contributed by atoms with E-state index in [0.717, 1.165) is 48.4 Å². The predicted molar refractivity (Wildman–Crippen MR) is 300 cm³/mol. The van der Waals surface area contributed by atoms with Crippen LogP contribution in [-0.2, 0) is 16.2 Å². The monoisotopic (exact) mass is 937 g/mol. The van der Waals surface area contributed by atoms with E-state index >= 15 is 0 Å². The molecule has 73 heavy (non-hydrogen) atoms. The largest absolute Gasteiger partial charge is 0.485 e. The lowest BCUT2D eigenvalue weighted by atomic mass is 9.51.